The van der Waals surface area contributed by atoms with Gasteiger partial charge in [0.05, 0.1) is 18.2 Å². The average molecular weight is 376 g/mol. The van der Waals surface area contributed by atoms with Crippen molar-refractivity contribution < 1.29 is 13.2 Å². The Morgan fingerprint density at radius 3 is 2.65 bits per heavy atom. The summed E-state index contributed by atoms with van der Waals surface area (Å²) in [5.74, 6) is 1.87. The van der Waals surface area contributed by atoms with Crippen molar-refractivity contribution in [3.8, 4) is 5.75 Å². The van der Waals surface area contributed by atoms with Crippen LogP contribution in [0, 0.1) is 12.8 Å². The van der Waals surface area contributed by atoms with Gasteiger partial charge in [-0.25, -0.2) is 18.1 Å². The summed E-state index contributed by atoms with van der Waals surface area (Å²) in [4.78, 5) is 10.9. The van der Waals surface area contributed by atoms with Gasteiger partial charge >= 0.3 is 0 Å². The van der Waals surface area contributed by atoms with Gasteiger partial charge in [0.25, 0.3) is 0 Å². The molecule has 1 aromatic heterocycles. The largest absolute Gasteiger partial charge is 0.496 e. The second-order valence-electron chi connectivity index (χ2n) is 6.48. The molecule has 1 fully saturated rings. The highest BCUT2D eigenvalue weighted by atomic mass is 32.2. The topological polar surface area (TPSA) is 84.4 Å². The Hall–Kier alpha value is -2.19. The highest BCUT2D eigenvalue weighted by Gasteiger charge is 2.23. The molecule has 0 aliphatic carbocycles. The number of nitrogens with zero attached hydrogens (tertiary/aromatic N) is 3. The van der Waals surface area contributed by atoms with E-state index in [1.165, 1.54) is 0 Å². The summed E-state index contributed by atoms with van der Waals surface area (Å²) in [6.07, 6.45) is 6.94. The lowest BCUT2D eigenvalue weighted by Crippen LogP contribution is -2.39. The number of rotatable bonds is 6. The summed E-state index contributed by atoms with van der Waals surface area (Å²) in [5.41, 5.74) is 0.799. The fourth-order valence-corrected chi connectivity index (χ4v) is 4.35. The molecule has 7 nitrogen and oxygen atoms in total. The van der Waals surface area contributed by atoms with E-state index in [1.54, 1.807) is 43.9 Å². The predicted molar refractivity (Wildman–Crippen MR) is 99.9 cm³/mol. The van der Waals surface area contributed by atoms with Crippen LogP contribution in [0.25, 0.3) is 0 Å². The normalized spacial score (nSPS) is 15.8. The van der Waals surface area contributed by atoms with Crippen molar-refractivity contribution in [2.75, 3.05) is 31.6 Å². The molecule has 0 unspecified atom stereocenters. The van der Waals surface area contributed by atoms with Crippen molar-refractivity contribution in [1.29, 1.82) is 0 Å². The molecule has 0 spiro atoms. The molecule has 26 heavy (non-hydrogen) atoms. The number of nitrogens with one attached hydrogen (secondary N) is 1. The zero-order valence-electron chi connectivity index (χ0n) is 15.1. The molecule has 0 radical (unpaired) electrons. The number of piperidine rings is 1. The third kappa shape index (κ3) is 4.31. The van der Waals surface area contributed by atoms with E-state index in [-0.39, 0.29) is 4.90 Å². The molecule has 0 saturated carbocycles. The van der Waals surface area contributed by atoms with E-state index in [2.05, 4.69) is 19.6 Å². The number of aryl methyl sites for hydroxylation is 1. The molecular weight excluding hydrogens is 352 g/mol. The molecule has 2 aromatic rings. The first-order chi connectivity index (χ1) is 12.5. The van der Waals surface area contributed by atoms with E-state index in [4.69, 9.17) is 4.74 Å². The van der Waals surface area contributed by atoms with E-state index in [9.17, 15) is 8.42 Å². The molecule has 1 N–H and O–H groups in total. The lowest BCUT2D eigenvalue weighted by atomic mass is 9.97. The minimum absolute atomic E-state index is 0.271. The highest BCUT2D eigenvalue weighted by molar-refractivity contribution is 7.89. The van der Waals surface area contributed by atoms with Gasteiger partial charge in [0.1, 0.15) is 11.6 Å². The van der Waals surface area contributed by atoms with Gasteiger partial charge in [-0.2, -0.15) is 0 Å². The van der Waals surface area contributed by atoms with Crippen molar-refractivity contribution in [1.82, 2.24) is 14.7 Å². The van der Waals surface area contributed by atoms with Crippen molar-refractivity contribution in [3.05, 3.63) is 42.4 Å². The number of aromatic nitrogens is 2. The Morgan fingerprint density at radius 2 is 2.04 bits per heavy atom. The van der Waals surface area contributed by atoms with Crippen LogP contribution in [0.5, 0.6) is 5.75 Å². The third-order valence-corrected chi connectivity index (χ3v) is 6.15. The predicted octanol–water partition coefficient (Wildman–Crippen LogP) is 1.99. The molecule has 3 rings (SSSR count). The second kappa shape index (κ2) is 8.01. The Morgan fingerprint density at radius 1 is 1.27 bits per heavy atom. The third-order valence-electron chi connectivity index (χ3n) is 4.73. The number of methoxy groups -OCH3 is 1. The molecule has 1 aliphatic heterocycles. The lowest BCUT2D eigenvalue weighted by molar-refractivity contribution is 0.400. The summed E-state index contributed by atoms with van der Waals surface area (Å²) in [7, 11) is -1.94. The van der Waals surface area contributed by atoms with Crippen LogP contribution >= 0.6 is 0 Å². The number of benzene rings is 1. The maximum atomic E-state index is 12.5. The molecule has 1 aromatic carbocycles. The van der Waals surface area contributed by atoms with Crippen LogP contribution in [0.2, 0.25) is 0 Å². The SMILES string of the molecule is COc1ccc(S(=O)(=O)NCC2CCN(c3cnccn3)CC2)cc1C. The highest BCUT2D eigenvalue weighted by Crippen LogP contribution is 2.23. The molecule has 1 aliphatic rings. The first kappa shape index (κ1) is 18.6. The minimum Gasteiger partial charge on any atom is -0.496 e. The summed E-state index contributed by atoms with van der Waals surface area (Å²) in [6.45, 7) is 3.99. The molecule has 0 amide bonds. The zero-order valence-corrected chi connectivity index (χ0v) is 15.9. The summed E-state index contributed by atoms with van der Waals surface area (Å²) in [6, 6.07) is 4.89. The maximum absolute atomic E-state index is 12.5. The van der Waals surface area contributed by atoms with E-state index < -0.39 is 10.0 Å². The average Bonchev–Trinajstić information content (AvgIpc) is 2.67. The Labute approximate surface area is 154 Å². The van der Waals surface area contributed by atoms with E-state index in [0.29, 0.717) is 18.2 Å². The fourth-order valence-electron chi connectivity index (χ4n) is 3.15. The first-order valence-electron chi connectivity index (χ1n) is 8.65. The van der Waals surface area contributed by atoms with Crippen LogP contribution in [-0.2, 0) is 10.0 Å². The van der Waals surface area contributed by atoms with Gasteiger partial charge in [-0.05, 0) is 49.4 Å². The van der Waals surface area contributed by atoms with Crippen LogP contribution < -0.4 is 14.4 Å². The molecule has 1 saturated heterocycles. The monoisotopic (exact) mass is 376 g/mol. The maximum Gasteiger partial charge on any atom is 0.240 e. The van der Waals surface area contributed by atoms with E-state index >= 15 is 0 Å². The molecular formula is C18H24N4O3S. The first-order valence-corrected chi connectivity index (χ1v) is 10.1. The zero-order chi connectivity index (χ0) is 18.6. The number of sulfonamides is 1. The molecule has 8 heteroatoms. The Balaban J connectivity index is 1.55. The molecule has 0 bridgehead atoms. The van der Waals surface area contributed by atoms with Gasteiger partial charge in [-0.3, -0.25) is 4.98 Å². The number of hydrogen-bond acceptors (Lipinski definition) is 6. The van der Waals surface area contributed by atoms with Gasteiger partial charge < -0.3 is 9.64 Å². The van der Waals surface area contributed by atoms with Crippen LogP contribution in [0.3, 0.4) is 0 Å². The van der Waals surface area contributed by atoms with E-state index in [0.717, 1.165) is 37.3 Å². The van der Waals surface area contributed by atoms with E-state index in [1.807, 2.05) is 6.92 Å². The van der Waals surface area contributed by atoms with Crippen molar-refractivity contribution >= 4 is 15.8 Å². The van der Waals surface area contributed by atoms with Crippen molar-refractivity contribution in [3.63, 3.8) is 0 Å². The smallest absolute Gasteiger partial charge is 0.240 e. The van der Waals surface area contributed by atoms with Gasteiger partial charge in [0, 0.05) is 32.0 Å². The Bertz CT molecular complexity index is 835. The number of anilines is 1. The molecule has 2 heterocycles. The van der Waals surface area contributed by atoms with Crippen LogP contribution in [0.1, 0.15) is 18.4 Å². The second-order valence-corrected chi connectivity index (χ2v) is 8.24. The minimum atomic E-state index is -3.51. The summed E-state index contributed by atoms with van der Waals surface area (Å²) >= 11 is 0. The summed E-state index contributed by atoms with van der Waals surface area (Å²) < 4.78 is 33.0. The van der Waals surface area contributed by atoms with Crippen molar-refractivity contribution in [2.24, 2.45) is 5.92 Å². The Kier molecular flexibility index (Phi) is 5.73. The van der Waals surface area contributed by atoms with Gasteiger partial charge in [0.2, 0.25) is 10.0 Å². The standard InChI is InChI=1S/C18H24N4O3S/c1-14-11-16(3-4-17(14)25-2)26(23,24)21-12-15-5-9-22(10-6-15)18-13-19-7-8-20-18/h3-4,7-8,11,13,15,21H,5-6,9-10,12H2,1-2H3. The molecule has 0 atom stereocenters. The number of hydrogen-bond donors (Lipinski definition) is 1. The van der Waals surface area contributed by atoms with Crippen molar-refractivity contribution in [2.45, 2.75) is 24.7 Å². The van der Waals surface area contributed by atoms with Crippen LogP contribution in [0.15, 0.2) is 41.7 Å². The van der Waals surface area contributed by atoms with Crippen LogP contribution in [-0.4, -0.2) is 45.1 Å². The lowest BCUT2D eigenvalue weighted by Gasteiger charge is -2.32. The molecule has 140 valence electrons. The quantitative estimate of drug-likeness (QED) is 0.830. The van der Waals surface area contributed by atoms with Gasteiger partial charge in [0.15, 0.2) is 0 Å². The number of ether oxygens (including phenoxy) is 1. The summed E-state index contributed by atoms with van der Waals surface area (Å²) in [5, 5.41) is 0. The van der Waals surface area contributed by atoms with Gasteiger partial charge in [-0.1, -0.05) is 0 Å². The van der Waals surface area contributed by atoms with Crippen LogP contribution in [0.4, 0.5) is 5.82 Å². The fraction of sp³-hybridized carbons (Fsp3) is 0.444. The van der Waals surface area contributed by atoms with Gasteiger partial charge in [-0.15, -0.1) is 0 Å².